The summed E-state index contributed by atoms with van der Waals surface area (Å²) in [6, 6.07) is 12.5. The SMILES string of the molecule is COC(=O)c1ccc(NC(=O)C(C)Oc2ccc3c(c2)CCC3)cc1. The number of carbonyl (C=O) groups is 2. The summed E-state index contributed by atoms with van der Waals surface area (Å²) in [5.41, 5.74) is 3.71. The lowest BCUT2D eigenvalue weighted by Crippen LogP contribution is -2.30. The number of fused-ring (bicyclic) bond motifs is 1. The number of carbonyl (C=O) groups excluding carboxylic acids is 2. The first kappa shape index (κ1) is 17.0. The van der Waals surface area contributed by atoms with Gasteiger partial charge < -0.3 is 14.8 Å². The van der Waals surface area contributed by atoms with Crippen LogP contribution in [0.1, 0.15) is 34.8 Å². The number of hydrogen-bond donors (Lipinski definition) is 1. The van der Waals surface area contributed by atoms with Crippen molar-refractivity contribution in [2.24, 2.45) is 0 Å². The molecule has 0 aliphatic heterocycles. The molecule has 130 valence electrons. The van der Waals surface area contributed by atoms with Crippen molar-refractivity contribution in [3.05, 3.63) is 59.2 Å². The first-order chi connectivity index (χ1) is 12.1. The van der Waals surface area contributed by atoms with Gasteiger partial charge in [0.1, 0.15) is 5.75 Å². The molecule has 1 aliphatic rings. The van der Waals surface area contributed by atoms with Crippen molar-refractivity contribution in [2.45, 2.75) is 32.3 Å². The lowest BCUT2D eigenvalue weighted by molar-refractivity contribution is -0.122. The zero-order valence-electron chi connectivity index (χ0n) is 14.4. The number of methoxy groups -OCH3 is 1. The van der Waals surface area contributed by atoms with Gasteiger partial charge in [0.25, 0.3) is 5.91 Å². The minimum absolute atomic E-state index is 0.244. The first-order valence-electron chi connectivity index (χ1n) is 8.34. The minimum Gasteiger partial charge on any atom is -0.481 e. The number of hydrogen-bond acceptors (Lipinski definition) is 4. The summed E-state index contributed by atoms with van der Waals surface area (Å²) in [4.78, 5) is 23.7. The Morgan fingerprint density at radius 3 is 2.48 bits per heavy atom. The lowest BCUT2D eigenvalue weighted by atomic mass is 10.1. The van der Waals surface area contributed by atoms with Crippen LogP contribution in [-0.4, -0.2) is 25.1 Å². The van der Waals surface area contributed by atoms with Crippen LogP contribution in [-0.2, 0) is 22.4 Å². The summed E-state index contributed by atoms with van der Waals surface area (Å²) in [5, 5.41) is 2.78. The monoisotopic (exact) mass is 339 g/mol. The molecule has 1 aliphatic carbocycles. The molecule has 0 fully saturated rings. The number of nitrogens with one attached hydrogen (secondary N) is 1. The van der Waals surface area contributed by atoms with Gasteiger partial charge in [0.15, 0.2) is 6.10 Å². The maximum Gasteiger partial charge on any atom is 0.337 e. The van der Waals surface area contributed by atoms with Crippen molar-refractivity contribution < 1.29 is 19.1 Å². The molecule has 2 aromatic rings. The normalized spacial score (nSPS) is 13.7. The molecule has 5 nitrogen and oxygen atoms in total. The number of ether oxygens (including phenoxy) is 2. The highest BCUT2D eigenvalue weighted by Crippen LogP contribution is 2.26. The average Bonchev–Trinajstić information content (AvgIpc) is 3.09. The second-order valence-corrected chi connectivity index (χ2v) is 6.10. The second-order valence-electron chi connectivity index (χ2n) is 6.10. The maximum absolute atomic E-state index is 12.3. The Morgan fingerprint density at radius 2 is 1.76 bits per heavy atom. The van der Waals surface area contributed by atoms with Gasteiger partial charge in [0.05, 0.1) is 12.7 Å². The van der Waals surface area contributed by atoms with E-state index in [4.69, 9.17) is 4.74 Å². The van der Waals surface area contributed by atoms with Crippen LogP contribution in [0.15, 0.2) is 42.5 Å². The highest BCUT2D eigenvalue weighted by molar-refractivity contribution is 5.95. The molecule has 0 bridgehead atoms. The number of anilines is 1. The summed E-state index contributed by atoms with van der Waals surface area (Å²) in [6.07, 6.45) is 2.74. The van der Waals surface area contributed by atoms with Gasteiger partial charge in [-0.1, -0.05) is 6.07 Å². The Bertz CT molecular complexity index is 783. The van der Waals surface area contributed by atoms with Crippen LogP contribution in [0.2, 0.25) is 0 Å². The fourth-order valence-corrected chi connectivity index (χ4v) is 2.93. The minimum atomic E-state index is -0.625. The van der Waals surface area contributed by atoms with Crippen molar-refractivity contribution in [1.82, 2.24) is 0 Å². The number of aryl methyl sites for hydroxylation is 2. The van der Waals surface area contributed by atoms with Gasteiger partial charge >= 0.3 is 5.97 Å². The lowest BCUT2D eigenvalue weighted by Gasteiger charge is -2.15. The van der Waals surface area contributed by atoms with E-state index in [-0.39, 0.29) is 5.91 Å². The number of amides is 1. The molecule has 3 rings (SSSR count). The molecule has 5 heteroatoms. The molecule has 1 amide bonds. The zero-order chi connectivity index (χ0) is 17.8. The van der Waals surface area contributed by atoms with Crippen LogP contribution in [0.25, 0.3) is 0 Å². The van der Waals surface area contributed by atoms with Crippen molar-refractivity contribution in [3.8, 4) is 5.75 Å². The van der Waals surface area contributed by atoms with Gasteiger partial charge in [-0.05, 0) is 73.7 Å². The van der Waals surface area contributed by atoms with Gasteiger partial charge in [-0.15, -0.1) is 0 Å². The van der Waals surface area contributed by atoms with Crippen LogP contribution in [0.3, 0.4) is 0 Å². The third-order valence-electron chi connectivity index (χ3n) is 4.33. The molecule has 0 saturated carbocycles. The molecular weight excluding hydrogens is 318 g/mol. The van der Waals surface area contributed by atoms with E-state index >= 15 is 0 Å². The molecule has 0 heterocycles. The van der Waals surface area contributed by atoms with Crippen LogP contribution in [0.5, 0.6) is 5.75 Å². The van der Waals surface area contributed by atoms with Gasteiger partial charge in [0, 0.05) is 5.69 Å². The number of esters is 1. The van der Waals surface area contributed by atoms with E-state index in [0.29, 0.717) is 17.0 Å². The molecule has 0 spiro atoms. The molecule has 0 saturated heterocycles. The molecule has 25 heavy (non-hydrogen) atoms. The van der Waals surface area contributed by atoms with E-state index < -0.39 is 12.1 Å². The molecule has 0 aromatic heterocycles. The van der Waals surface area contributed by atoms with E-state index in [1.807, 2.05) is 12.1 Å². The summed E-state index contributed by atoms with van der Waals surface area (Å²) in [6.45, 7) is 1.71. The van der Waals surface area contributed by atoms with Gasteiger partial charge in [-0.25, -0.2) is 4.79 Å². The van der Waals surface area contributed by atoms with E-state index in [9.17, 15) is 9.59 Å². The van der Waals surface area contributed by atoms with Crippen molar-refractivity contribution in [3.63, 3.8) is 0 Å². The Labute approximate surface area is 147 Å². The molecule has 0 radical (unpaired) electrons. The van der Waals surface area contributed by atoms with Crippen molar-refractivity contribution in [2.75, 3.05) is 12.4 Å². The quantitative estimate of drug-likeness (QED) is 0.848. The highest BCUT2D eigenvalue weighted by atomic mass is 16.5. The van der Waals surface area contributed by atoms with Crippen molar-refractivity contribution in [1.29, 1.82) is 0 Å². The Kier molecular flexibility index (Phi) is 5.03. The van der Waals surface area contributed by atoms with E-state index in [1.54, 1.807) is 31.2 Å². The topological polar surface area (TPSA) is 64.6 Å². The van der Waals surface area contributed by atoms with Gasteiger partial charge in [0.2, 0.25) is 0 Å². The highest BCUT2D eigenvalue weighted by Gasteiger charge is 2.17. The fraction of sp³-hybridized carbons (Fsp3) is 0.300. The molecular formula is C20H21NO4. The third-order valence-corrected chi connectivity index (χ3v) is 4.33. The van der Waals surface area contributed by atoms with E-state index in [1.165, 1.54) is 24.7 Å². The smallest absolute Gasteiger partial charge is 0.337 e. The molecule has 2 aromatic carbocycles. The summed E-state index contributed by atoms with van der Waals surface area (Å²) in [7, 11) is 1.33. The van der Waals surface area contributed by atoms with Crippen LogP contribution in [0, 0.1) is 0 Å². The predicted molar refractivity (Wildman–Crippen MR) is 95.0 cm³/mol. The van der Waals surface area contributed by atoms with Crippen molar-refractivity contribution >= 4 is 17.6 Å². The number of rotatable bonds is 5. The molecule has 1 unspecified atom stereocenters. The van der Waals surface area contributed by atoms with Gasteiger partial charge in [-0.3, -0.25) is 4.79 Å². The Morgan fingerprint density at radius 1 is 1.04 bits per heavy atom. The number of benzene rings is 2. The maximum atomic E-state index is 12.3. The standard InChI is InChI=1S/C20H21NO4/c1-13(25-18-11-8-14-4-3-5-16(14)12-18)19(22)21-17-9-6-15(7-10-17)20(23)24-2/h6-13H,3-5H2,1-2H3,(H,21,22). The average molecular weight is 339 g/mol. The summed E-state index contributed by atoms with van der Waals surface area (Å²) in [5.74, 6) is 0.0573. The van der Waals surface area contributed by atoms with E-state index in [2.05, 4.69) is 16.1 Å². The molecule has 1 atom stereocenters. The van der Waals surface area contributed by atoms with Crippen LogP contribution < -0.4 is 10.1 Å². The van der Waals surface area contributed by atoms with Crippen LogP contribution in [0.4, 0.5) is 5.69 Å². The Balaban J connectivity index is 1.60. The largest absolute Gasteiger partial charge is 0.481 e. The van der Waals surface area contributed by atoms with Gasteiger partial charge in [-0.2, -0.15) is 0 Å². The zero-order valence-corrected chi connectivity index (χ0v) is 14.4. The summed E-state index contributed by atoms with van der Waals surface area (Å²) < 4.78 is 10.4. The van der Waals surface area contributed by atoms with Crippen LogP contribution >= 0.6 is 0 Å². The third kappa shape index (κ3) is 3.99. The first-order valence-corrected chi connectivity index (χ1v) is 8.34. The second kappa shape index (κ2) is 7.38. The molecule has 1 N–H and O–H groups in total. The fourth-order valence-electron chi connectivity index (χ4n) is 2.93. The summed E-state index contributed by atoms with van der Waals surface area (Å²) >= 11 is 0. The Hall–Kier alpha value is -2.82. The van der Waals surface area contributed by atoms with E-state index in [0.717, 1.165) is 12.8 Å². The predicted octanol–water partition coefficient (Wildman–Crippen LogP) is 3.37.